The smallest absolute Gasteiger partial charge is 0.356 e. The number of aliphatic hydroxyl groups excluding tert-OH is 2. The van der Waals surface area contributed by atoms with Crippen molar-refractivity contribution < 1.29 is 14.9 Å². The summed E-state index contributed by atoms with van der Waals surface area (Å²) in [7, 11) is 0. The first-order valence-corrected chi connectivity index (χ1v) is 5.62. The lowest BCUT2D eigenvalue weighted by Crippen LogP contribution is -2.42. The summed E-state index contributed by atoms with van der Waals surface area (Å²) in [5.74, 6) is -0.303. The molecule has 2 rings (SSSR count). The van der Waals surface area contributed by atoms with Crippen molar-refractivity contribution in [1.82, 2.24) is 9.55 Å². The van der Waals surface area contributed by atoms with Crippen molar-refractivity contribution in [1.29, 1.82) is 0 Å². The van der Waals surface area contributed by atoms with Crippen molar-refractivity contribution in [2.24, 2.45) is 5.11 Å². The molecule has 0 radical (unpaired) electrons. The third kappa shape index (κ3) is 2.06. The zero-order chi connectivity index (χ0) is 14.9. The van der Waals surface area contributed by atoms with Crippen molar-refractivity contribution in [3.8, 4) is 0 Å². The molecule has 0 aliphatic carbocycles. The van der Waals surface area contributed by atoms with Gasteiger partial charge in [0.15, 0.2) is 0 Å². The molecule has 0 fully saturated rings. The Labute approximate surface area is 116 Å². The molecule has 1 aliphatic heterocycles. The van der Waals surface area contributed by atoms with Crippen LogP contribution in [0.15, 0.2) is 27.2 Å². The van der Waals surface area contributed by atoms with Crippen LogP contribution in [0.1, 0.15) is 0 Å². The molecule has 20 heavy (non-hydrogen) atoms. The molecule has 0 bridgehead atoms. The number of nitrogens with two attached hydrogens (primary N) is 1. The highest BCUT2D eigenvalue weighted by atomic mass is 35.5. The van der Waals surface area contributed by atoms with E-state index in [0.717, 1.165) is 4.57 Å². The van der Waals surface area contributed by atoms with Crippen LogP contribution in [-0.4, -0.2) is 38.2 Å². The van der Waals surface area contributed by atoms with Crippen molar-refractivity contribution >= 4 is 23.3 Å². The Hall–Kier alpha value is -2.26. The molecule has 0 amide bonds. The van der Waals surface area contributed by atoms with Crippen LogP contribution in [0.3, 0.4) is 0 Å². The van der Waals surface area contributed by atoms with Gasteiger partial charge in [-0.1, -0.05) is 11.6 Å². The zero-order valence-corrected chi connectivity index (χ0v) is 10.6. The number of rotatable bonds is 3. The van der Waals surface area contributed by atoms with E-state index in [2.05, 4.69) is 15.0 Å². The quantitative estimate of drug-likeness (QED) is 0.390. The highest BCUT2D eigenvalue weighted by Gasteiger charge is 2.49. The summed E-state index contributed by atoms with van der Waals surface area (Å²) in [6.07, 6.45) is -0.400. The standard InChI is InChI=1S/C9H9ClN6O4/c10-5-6(18)9(3-17,14-15-12)20-7(5)16-2-1-4(11)13-8(16)19/h1-2,6,17-18H,3H2,(H2,11,13,19)/t6-,9+/m0/s1. The Balaban J connectivity index is 2.53. The largest absolute Gasteiger partial charge is 0.459 e. The van der Waals surface area contributed by atoms with E-state index in [1.807, 2.05) is 0 Å². The van der Waals surface area contributed by atoms with Crippen LogP contribution in [-0.2, 0) is 4.74 Å². The highest BCUT2D eigenvalue weighted by Crippen LogP contribution is 2.39. The lowest BCUT2D eigenvalue weighted by molar-refractivity contribution is -0.0650. The molecule has 4 N–H and O–H groups in total. The SMILES string of the molecule is [N-]=[N+]=N[C@]1(CO)OC(n2ccc(N)nc2=O)=C(Cl)[C@@H]1O. The van der Waals surface area contributed by atoms with Crippen molar-refractivity contribution in [3.63, 3.8) is 0 Å². The maximum atomic E-state index is 11.7. The van der Waals surface area contributed by atoms with Crippen LogP contribution in [0.25, 0.3) is 16.3 Å². The van der Waals surface area contributed by atoms with Crippen LogP contribution in [0.5, 0.6) is 0 Å². The van der Waals surface area contributed by atoms with E-state index in [-0.39, 0.29) is 16.7 Å². The molecule has 10 nitrogen and oxygen atoms in total. The molecule has 0 saturated carbocycles. The number of nitrogen functional groups attached to an aromatic ring is 1. The summed E-state index contributed by atoms with van der Waals surface area (Å²) in [5.41, 5.74) is 11.0. The first-order chi connectivity index (χ1) is 9.45. The fraction of sp³-hybridized carbons (Fsp3) is 0.333. The third-order valence-electron chi connectivity index (χ3n) is 2.63. The number of nitrogens with zero attached hydrogens (tertiary/aromatic N) is 5. The minimum Gasteiger partial charge on any atom is -0.459 e. The van der Waals surface area contributed by atoms with Gasteiger partial charge in [-0.15, -0.1) is 0 Å². The van der Waals surface area contributed by atoms with Crippen LogP contribution < -0.4 is 11.4 Å². The van der Waals surface area contributed by atoms with E-state index in [4.69, 9.17) is 27.6 Å². The average molecular weight is 301 g/mol. The van der Waals surface area contributed by atoms with Crippen LogP contribution in [0.4, 0.5) is 5.82 Å². The molecular formula is C9H9ClN6O4. The Kier molecular flexibility index (Phi) is 3.55. The Morgan fingerprint density at radius 2 is 2.45 bits per heavy atom. The second kappa shape index (κ2) is 5.02. The van der Waals surface area contributed by atoms with Gasteiger partial charge in [-0.05, 0) is 16.7 Å². The lowest BCUT2D eigenvalue weighted by Gasteiger charge is -2.24. The fourth-order valence-corrected chi connectivity index (χ4v) is 1.92. The van der Waals surface area contributed by atoms with Gasteiger partial charge in [0.1, 0.15) is 17.0 Å². The van der Waals surface area contributed by atoms with Gasteiger partial charge in [0, 0.05) is 11.1 Å². The minimum absolute atomic E-state index is 0.00927. The molecule has 2 atom stereocenters. The second-order valence-electron chi connectivity index (χ2n) is 3.86. The van der Waals surface area contributed by atoms with Crippen molar-refractivity contribution in [2.75, 3.05) is 12.3 Å². The summed E-state index contributed by atoms with van der Waals surface area (Å²) >= 11 is 5.87. The highest BCUT2D eigenvalue weighted by molar-refractivity contribution is 6.32. The summed E-state index contributed by atoms with van der Waals surface area (Å²) in [6.45, 7) is -0.838. The first kappa shape index (κ1) is 14.2. The molecule has 1 aliphatic rings. The molecule has 1 aromatic rings. The summed E-state index contributed by atoms with van der Waals surface area (Å²) in [6, 6.07) is 1.31. The molecule has 106 valence electrons. The number of aliphatic hydroxyl groups is 2. The van der Waals surface area contributed by atoms with E-state index in [1.165, 1.54) is 12.3 Å². The summed E-state index contributed by atoms with van der Waals surface area (Å²) in [4.78, 5) is 17.6. The third-order valence-corrected chi connectivity index (χ3v) is 3.00. The molecular weight excluding hydrogens is 292 g/mol. The van der Waals surface area contributed by atoms with Crippen LogP contribution in [0, 0.1) is 0 Å². The number of aromatic nitrogens is 2. The van der Waals surface area contributed by atoms with E-state index in [1.54, 1.807) is 0 Å². The van der Waals surface area contributed by atoms with Crippen LogP contribution in [0.2, 0.25) is 0 Å². The molecule has 0 unspecified atom stereocenters. The average Bonchev–Trinajstić information content (AvgIpc) is 2.65. The molecule has 0 saturated heterocycles. The number of hydrogen-bond donors (Lipinski definition) is 3. The van der Waals surface area contributed by atoms with Gasteiger partial charge in [0.25, 0.3) is 0 Å². The second-order valence-corrected chi connectivity index (χ2v) is 4.26. The van der Waals surface area contributed by atoms with Gasteiger partial charge in [-0.3, -0.25) is 0 Å². The monoisotopic (exact) mass is 300 g/mol. The van der Waals surface area contributed by atoms with E-state index in [9.17, 15) is 15.0 Å². The summed E-state index contributed by atoms with van der Waals surface area (Å²) in [5, 5.41) is 22.1. The van der Waals surface area contributed by atoms with Gasteiger partial charge in [0.2, 0.25) is 11.6 Å². The van der Waals surface area contributed by atoms with Crippen molar-refractivity contribution in [2.45, 2.75) is 11.8 Å². The van der Waals surface area contributed by atoms with Gasteiger partial charge in [-0.2, -0.15) is 4.98 Å². The van der Waals surface area contributed by atoms with Gasteiger partial charge in [0.05, 0.1) is 6.61 Å². The molecule has 0 spiro atoms. The molecule has 1 aromatic heterocycles. The minimum atomic E-state index is -2.03. The number of ether oxygens (including phenoxy) is 1. The summed E-state index contributed by atoms with van der Waals surface area (Å²) < 4.78 is 6.05. The van der Waals surface area contributed by atoms with Gasteiger partial charge in [-0.25, -0.2) is 9.36 Å². The number of azide groups is 1. The van der Waals surface area contributed by atoms with Crippen molar-refractivity contribution in [3.05, 3.63) is 38.2 Å². The number of anilines is 1. The number of halogens is 1. The Bertz CT molecular complexity index is 681. The number of hydrogen-bond acceptors (Lipinski definition) is 7. The van der Waals surface area contributed by atoms with Gasteiger partial charge >= 0.3 is 5.69 Å². The van der Waals surface area contributed by atoms with E-state index < -0.39 is 24.1 Å². The lowest BCUT2D eigenvalue weighted by atomic mass is 10.1. The van der Waals surface area contributed by atoms with E-state index in [0.29, 0.717) is 0 Å². The maximum Gasteiger partial charge on any atom is 0.356 e. The zero-order valence-electron chi connectivity index (χ0n) is 9.84. The normalized spacial score (nSPS) is 25.2. The van der Waals surface area contributed by atoms with E-state index >= 15 is 0 Å². The Morgan fingerprint density at radius 1 is 1.75 bits per heavy atom. The topological polar surface area (TPSA) is 159 Å². The Morgan fingerprint density at radius 3 is 3.00 bits per heavy atom. The van der Waals surface area contributed by atoms with Gasteiger partial charge < -0.3 is 20.7 Å². The predicted octanol–water partition coefficient (Wildman–Crippen LogP) is -0.420. The predicted molar refractivity (Wildman–Crippen MR) is 68.0 cm³/mol. The van der Waals surface area contributed by atoms with Crippen LogP contribution >= 0.6 is 11.6 Å². The fourth-order valence-electron chi connectivity index (χ4n) is 1.62. The molecule has 11 heteroatoms. The molecule has 2 heterocycles. The first-order valence-electron chi connectivity index (χ1n) is 5.24. The maximum absolute atomic E-state index is 11.7. The molecule has 0 aromatic carbocycles.